The molecule has 1 aliphatic heterocycles. The van der Waals surface area contributed by atoms with Crippen molar-refractivity contribution in [3.05, 3.63) is 16.1 Å². The highest BCUT2D eigenvalue weighted by molar-refractivity contribution is 7.11. The maximum absolute atomic E-state index is 13.4. The Bertz CT molecular complexity index is 669. The third-order valence-corrected chi connectivity index (χ3v) is 5.25. The average molecular weight is 359 g/mol. The number of carbonyl (C=O) groups is 2. The van der Waals surface area contributed by atoms with E-state index in [4.69, 9.17) is 0 Å². The summed E-state index contributed by atoms with van der Waals surface area (Å²) in [5.41, 5.74) is -0.741. The Morgan fingerprint density at radius 2 is 2.08 bits per heavy atom. The van der Waals surface area contributed by atoms with Crippen LogP contribution in [0, 0.1) is 0 Å². The van der Waals surface area contributed by atoms with Crippen molar-refractivity contribution in [2.24, 2.45) is 0 Å². The van der Waals surface area contributed by atoms with E-state index in [2.05, 4.69) is 10.3 Å². The number of hydrogen-bond donors (Lipinski definition) is 2. The van der Waals surface area contributed by atoms with Gasteiger partial charge in [0.15, 0.2) is 5.01 Å². The number of alkyl halides is 2. The molecule has 24 heavy (non-hydrogen) atoms. The molecule has 0 radical (unpaired) electrons. The number of aliphatic hydroxyl groups is 1. The first kappa shape index (κ1) is 17.2. The van der Waals surface area contributed by atoms with Crippen molar-refractivity contribution in [3.8, 4) is 0 Å². The zero-order valence-electron chi connectivity index (χ0n) is 13.4. The molecular weight excluding hydrogens is 340 g/mol. The zero-order valence-corrected chi connectivity index (χ0v) is 14.2. The first-order valence-electron chi connectivity index (χ1n) is 7.74. The van der Waals surface area contributed by atoms with Crippen LogP contribution in [0.5, 0.6) is 0 Å². The summed E-state index contributed by atoms with van der Waals surface area (Å²) < 4.78 is 26.8. The van der Waals surface area contributed by atoms with Crippen LogP contribution in [0.4, 0.5) is 8.78 Å². The SMILES string of the molecule is CC1CC(F)(F)CN1C(=O)c1csc(C(=O)NC2CC(C)(O)C2)n1. The molecule has 1 aromatic heterocycles. The topological polar surface area (TPSA) is 82.5 Å². The van der Waals surface area contributed by atoms with Crippen molar-refractivity contribution >= 4 is 23.2 Å². The number of likely N-dealkylation sites (tertiary alicyclic amines) is 1. The molecule has 0 bridgehead atoms. The first-order chi connectivity index (χ1) is 11.1. The van der Waals surface area contributed by atoms with E-state index in [1.54, 1.807) is 13.8 Å². The van der Waals surface area contributed by atoms with E-state index in [1.165, 1.54) is 5.38 Å². The third-order valence-electron chi connectivity index (χ3n) is 4.41. The van der Waals surface area contributed by atoms with Crippen molar-refractivity contribution in [2.75, 3.05) is 6.54 Å². The fourth-order valence-electron chi connectivity index (χ4n) is 3.26. The minimum Gasteiger partial charge on any atom is -0.390 e. The molecule has 0 spiro atoms. The fourth-order valence-corrected chi connectivity index (χ4v) is 3.95. The molecule has 2 amide bonds. The molecule has 6 nitrogen and oxygen atoms in total. The lowest BCUT2D eigenvalue weighted by atomic mass is 9.77. The number of aromatic nitrogens is 1. The van der Waals surface area contributed by atoms with Gasteiger partial charge in [0.25, 0.3) is 17.7 Å². The van der Waals surface area contributed by atoms with Gasteiger partial charge in [-0.15, -0.1) is 11.3 Å². The Kier molecular flexibility index (Phi) is 4.11. The Balaban J connectivity index is 1.63. The highest BCUT2D eigenvalue weighted by Crippen LogP contribution is 2.33. The molecule has 2 fully saturated rings. The maximum atomic E-state index is 13.4. The molecule has 1 saturated carbocycles. The monoisotopic (exact) mass is 359 g/mol. The second-order valence-corrected chi connectivity index (χ2v) is 7.81. The summed E-state index contributed by atoms with van der Waals surface area (Å²) in [6.45, 7) is 2.65. The average Bonchev–Trinajstić information content (AvgIpc) is 3.00. The van der Waals surface area contributed by atoms with E-state index in [9.17, 15) is 23.5 Å². The quantitative estimate of drug-likeness (QED) is 0.860. The molecule has 3 rings (SSSR count). The summed E-state index contributed by atoms with van der Waals surface area (Å²) >= 11 is 1.00. The van der Waals surface area contributed by atoms with Crippen molar-refractivity contribution < 1.29 is 23.5 Å². The largest absolute Gasteiger partial charge is 0.390 e. The van der Waals surface area contributed by atoms with Gasteiger partial charge < -0.3 is 15.3 Å². The number of nitrogens with one attached hydrogen (secondary N) is 1. The van der Waals surface area contributed by atoms with Crippen molar-refractivity contribution in [1.82, 2.24) is 15.2 Å². The molecule has 0 aromatic carbocycles. The van der Waals surface area contributed by atoms with Gasteiger partial charge in [-0.2, -0.15) is 0 Å². The van der Waals surface area contributed by atoms with Crippen LogP contribution >= 0.6 is 11.3 Å². The summed E-state index contributed by atoms with van der Waals surface area (Å²) in [7, 11) is 0. The van der Waals surface area contributed by atoms with Gasteiger partial charge in [-0.25, -0.2) is 13.8 Å². The third kappa shape index (κ3) is 3.41. The number of thiazole rings is 1. The molecule has 1 aromatic rings. The first-order valence-corrected chi connectivity index (χ1v) is 8.62. The Morgan fingerprint density at radius 3 is 2.62 bits per heavy atom. The summed E-state index contributed by atoms with van der Waals surface area (Å²) in [6, 6.07) is -0.684. The molecule has 2 aliphatic rings. The lowest BCUT2D eigenvalue weighted by Gasteiger charge is -2.40. The lowest BCUT2D eigenvalue weighted by Crippen LogP contribution is -2.53. The van der Waals surface area contributed by atoms with E-state index in [0.717, 1.165) is 16.2 Å². The summed E-state index contributed by atoms with van der Waals surface area (Å²) in [5, 5.41) is 13.9. The summed E-state index contributed by atoms with van der Waals surface area (Å²) in [4.78, 5) is 29.5. The molecule has 2 N–H and O–H groups in total. The van der Waals surface area contributed by atoms with Crippen LogP contribution in [0.15, 0.2) is 5.38 Å². The number of halogens is 2. The normalized spacial score (nSPS) is 31.6. The van der Waals surface area contributed by atoms with Crippen LogP contribution in [0.2, 0.25) is 0 Å². The lowest BCUT2D eigenvalue weighted by molar-refractivity contribution is -0.0367. The van der Waals surface area contributed by atoms with Gasteiger partial charge in [0.2, 0.25) is 0 Å². The molecule has 1 saturated heterocycles. The van der Waals surface area contributed by atoms with Crippen LogP contribution in [-0.2, 0) is 0 Å². The highest BCUT2D eigenvalue weighted by Gasteiger charge is 2.45. The van der Waals surface area contributed by atoms with E-state index < -0.39 is 35.9 Å². The van der Waals surface area contributed by atoms with Crippen LogP contribution in [0.3, 0.4) is 0 Å². The number of nitrogens with zero attached hydrogens (tertiary/aromatic N) is 2. The summed E-state index contributed by atoms with van der Waals surface area (Å²) in [6.07, 6.45) is 0.574. The van der Waals surface area contributed by atoms with Crippen LogP contribution < -0.4 is 5.32 Å². The van der Waals surface area contributed by atoms with Gasteiger partial charge in [0, 0.05) is 23.9 Å². The van der Waals surface area contributed by atoms with Gasteiger partial charge in [-0.1, -0.05) is 0 Å². The number of amides is 2. The zero-order chi connectivity index (χ0) is 17.7. The number of carbonyl (C=O) groups excluding carboxylic acids is 2. The molecule has 1 aliphatic carbocycles. The predicted molar refractivity (Wildman–Crippen MR) is 83.3 cm³/mol. The Labute approximate surface area is 141 Å². The Morgan fingerprint density at radius 1 is 1.42 bits per heavy atom. The van der Waals surface area contributed by atoms with E-state index >= 15 is 0 Å². The minimum atomic E-state index is -2.88. The van der Waals surface area contributed by atoms with Crippen molar-refractivity contribution in [2.45, 2.75) is 56.7 Å². The Hall–Kier alpha value is -1.61. The van der Waals surface area contributed by atoms with Crippen molar-refractivity contribution in [1.29, 1.82) is 0 Å². The van der Waals surface area contributed by atoms with Gasteiger partial charge >= 0.3 is 0 Å². The van der Waals surface area contributed by atoms with Crippen LogP contribution in [0.1, 0.15) is 53.4 Å². The molecule has 2 heterocycles. The smallest absolute Gasteiger partial charge is 0.280 e. The van der Waals surface area contributed by atoms with E-state index in [1.807, 2.05) is 0 Å². The number of hydrogen-bond acceptors (Lipinski definition) is 5. The van der Waals surface area contributed by atoms with Gasteiger partial charge in [0.05, 0.1) is 12.1 Å². The molecular formula is C15H19F2N3O3S. The number of rotatable bonds is 3. The maximum Gasteiger partial charge on any atom is 0.280 e. The molecule has 1 unspecified atom stereocenters. The van der Waals surface area contributed by atoms with E-state index in [-0.39, 0.29) is 23.2 Å². The van der Waals surface area contributed by atoms with Gasteiger partial charge in [-0.05, 0) is 26.7 Å². The standard InChI is InChI=1S/C15H19F2N3O3S/c1-8-3-15(16,17)7-20(8)13(22)10-6-24-12(19-10)11(21)18-9-4-14(2,23)5-9/h6,8-9,23H,3-5,7H2,1-2H3,(H,18,21). The molecule has 132 valence electrons. The van der Waals surface area contributed by atoms with Crippen molar-refractivity contribution in [3.63, 3.8) is 0 Å². The van der Waals surface area contributed by atoms with E-state index in [0.29, 0.717) is 12.8 Å². The van der Waals surface area contributed by atoms with Crippen LogP contribution in [-0.4, -0.2) is 57.0 Å². The second-order valence-electron chi connectivity index (χ2n) is 6.96. The van der Waals surface area contributed by atoms with Crippen LogP contribution in [0.25, 0.3) is 0 Å². The minimum absolute atomic E-state index is 0.00954. The molecule has 9 heteroatoms. The predicted octanol–water partition coefficient (Wildman–Crippen LogP) is 1.66. The summed E-state index contributed by atoms with van der Waals surface area (Å²) in [5.74, 6) is -3.88. The highest BCUT2D eigenvalue weighted by atomic mass is 32.1. The van der Waals surface area contributed by atoms with Gasteiger partial charge in [-0.3, -0.25) is 9.59 Å². The second kappa shape index (κ2) is 5.73. The van der Waals surface area contributed by atoms with Gasteiger partial charge in [0.1, 0.15) is 5.69 Å². The fraction of sp³-hybridized carbons (Fsp3) is 0.667. The molecule has 1 atom stereocenters.